The molecule has 4 rings (SSSR count). The minimum Gasteiger partial charge on any atom is -0.284 e. The Bertz CT molecular complexity index is 1400. The number of primary sulfonamides is 1. The Morgan fingerprint density at radius 1 is 0.939 bits per heavy atom. The number of halogens is 1. The van der Waals surface area contributed by atoms with E-state index in [2.05, 4.69) is 4.72 Å². The molecular weight excluding hydrogens is 467 g/mol. The minimum atomic E-state index is -3.83. The molecule has 3 aromatic carbocycles. The van der Waals surface area contributed by atoms with Crippen molar-refractivity contribution in [3.05, 3.63) is 89.7 Å². The minimum absolute atomic E-state index is 0.0121. The molecule has 1 aliphatic rings. The van der Waals surface area contributed by atoms with E-state index < -0.39 is 20.0 Å². The Labute approximate surface area is 191 Å². The van der Waals surface area contributed by atoms with E-state index in [9.17, 15) is 21.2 Å². The summed E-state index contributed by atoms with van der Waals surface area (Å²) in [5.41, 5.74) is 3.45. The van der Waals surface area contributed by atoms with Gasteiger partial charge in [-0.1, -0.05) is 24.3 Å². The molecule has 1 aliphatic heterocycles. The van der Waals surface area contributed by atoms with Crippen LogP contribution in [0.15, 0.2) is 82.8 Å². The fraction of sp³-hybridized carbons (Fsp3) is 0.136. The van der Waals surface area contributed by atoms with E-state index in [0.717, 1.165) is 23.1 Å². The second-order valence-corrected chi connectivity index (χ2v) is 11.0. The largest absolute Gasteiger partial charge is 0.284 e. The third-order valence-corrected chi connectivity index (χ3v) is 6.65. The van der Waals surface area contributed by atoms with Gasteiger partial charge in [0.2, 0.25) is 20.0 Å². The molecule has 3 aromatic rings. The van der Waals surface area contributed by atoms with Crippen molar-refractivity contribution in [1.29, 1.82) is 0 Å². The monoisotopic (exact) mass is 488 g/mol. The van der Waals surface area contributed by atoms with Crippen LogP contribution in [0.1, 0.15) is 23.6 Å². The molecular formula is C22H21FN4O4S2. The highest BCUT2D eigenvalue weighted by Crippen LogP contribution is 2.37. The predicted molar refractivity (Wildman–Crippen MR) is 125 cm³/mol. The molecule has 0 saturated carbocycles. The molecule has 172 valence electrons. The summed E-state index contributed by atoms with van der Waals surface area (Å²) in [4.78, 5) is -0.0121. The Balaban J connectivity index is 1.69. The lowest BCUT2D eigenvalue weighted by molar-refractivity contribution is 0.597. The third-order valence-electron chi connectivity index (χ3n) is 5.12. The lowest BCUT2D eigenvalue weighted by Crippen LogP contribution is -2.19. The number of hydrazone groups is 1. The predicted octanol–water partition coefficient (Wildman–Crippen LogP) is 3.20. The van der Waals surface area contributed by atoms with Crippen LogP contribution < -0.4 is 14.9 Å². The zero-order chi connectivity index (χ0) is 23.8. The smallest absolute Gasteiger partial charge is 0.238 e. The summed E-state index contributed by atoms with van der Waals surface area (Å²) in [6.07, 6.45) is 1.58. The standard InChI is InChI=1S/C22H21FN4O4S2/c1-32(28,29)26-18-8-4-15(5-9-18)21-14-22(16-2-6-17(23)7-3-16)27(25-21)19-10-12-20(13-11-19)33(24,30)31/h2-13,22,26H,14H2,1H3,(H2,24,30,31). The molecule has 0 amide bonds. The molecule has 0 radical (unpaired) electrons. The number of nitrogens with two attached hydrogens (primary N) is 1. The van der Waals surface area contributed by atoms with Crippen molar-refractivity contribution in [1.82, 2.24) is 0 Å². The van der Waals surface area contributed by atoms with Gasteiger partial charge in [-0.3, -0.25) is 9.73 Å². The van der Waals surface area contributed by atoms with Gasteiger partial charge in [0.15, 0.2) is 0 Å². The van der Waals surface area contributed by atoms with Crippen LogP contribution in [0.4, 0.5) is 15.8 Å². The first-order chi connectivity index (χ1) is 15.5. The van der Waals surface area contributed by atoms with E-state index in [1.165, 1.54) is 24.3 Å². The molecule has 1 unspecified atom stereocenters. The molecule has 0 aromatic heterocycles. The van der Waals surface area contributed by atoms with Crippen molar-refractivity contribution in [3.8, 4) is 0 Å². The first kappa shape index (κ1) is 22.9. The number of nitrogens with one attached hydrogen (secondary N) is 1. The van der Waals surface area contributed by atoms with Gasteiger partial charge >= 0.3 is 0 Å². The fourth-order valence-corrected chi connectivity index (χ4v) is 4.68. The Morgan fingerprint density at radius 3 is 2.09 bits per heavy atom. The molecule has 0 spiro atoms. The normalized spacial score (nSPS) is 16.5. The Morgan fingerprint density at radius 2 is 1.55 bits per heavy atom. The SMILES string of the molecule is CS(=O)(=O)Nc1ccc(C2=NN(c3ccc(S(N)(=O)=O)cc3)C(c3ccc(F)cc3)C2)cc1. The van der Waals surface area contributed by atoms with Gasteiger partial charge in [0.25, 0.3) is 0 Å². The molecule has 0 saturated heterocycles. The van der Waals surface area contributed by atoms with Gasteiger partial charge in [-0.15, -0.1) is 0 Å². The van der Waals surface area contributed by atoms with Crippen molar-refractivity contribution < 1.29 is 21.2 Å². The van der Waals surface area contributed by atoms with Crippen LogP contribution in [0, 0.1) is 5.82 Å². The number of rotatable bonds is 6. The summed E-state index contributed by atoms with van der Waals surface area (Å²) < 4.78 is 62.0. The molecule has 3 N–H and O–H groups in total. The van der Waals surface area contributed by atoms with Gasteiger partial charge in [-0.2, -0.15) is 5.10 Å². The zero-order valence-electron chi connectivity index (χ0n) is 17.5. The molecule has 0 aliphatic carbocycles. The molecule has 0 bridgehead atoms. The molecule has 1 heterocycles. The number of hydrogen-bond acceptors (Lipinski definition) is 6. The van der Waals surface area contributed by atoms with Crippen LogP contribution in [0.5, 0.6) is 0 Å². The fourth-order valence-electron chi connectivity index (χ4n) is 3.60. The van der Waals surface area contributed by atoms with E-state index in [-0.39, 0.29) is 16.8 Å². The van der Waals surface area contributed by atoms with E-state index in [1.807, 2.05) is 0 Å². The van der Waals surface area contributed by atoms with Gasteiger partial charge in [0.05, 0.1) is 28.6 Å². The van der Waals surface area contributed by atoms with Gasteiger partial charge in [0.1, 0.15) is 5.82 Å². The highest BCUT2D eigenvalue weighted by atomic mass is 32.2. The van der Waals surface area contributed by atoms with Crippen LogP contribution >= 0.6 is 0 Å². The average Bonchev–Trinajstić information content (AvgIpc) is 3.18. The number of sulfonamides is 2. The average molecular weight is 489 g/mol. The van der Waals surface area contributed by atoms with Crippen molar-refractivity contribution >= 4 is 37.1 Å². The van der Waals surface area contributed by atoms with Gasteiger partial charge in [0, 0.05) is 12.1 Å². The number of anilines is 2. The summed E-state index contributed by atoms with van der Waals surface area (Å²) in [6, 6.07) is 18.7. The van der Waals surface area contributed by atoms with Crippen LogP contribution in [-0.4, -0.2) is 28.8 Å². The number of nitrogens with zero attached hydrogens (tertiary/aromatic N) is 2. The third kappa shape index (κ3) is 5.38. The van der Waals surface area contributed by atoms with Crippen molar-refractivity contribution in [2.75, 3.05) is 16.0 Å². The summed E-state index contributed by atoms with van der Waals surface area (Å²) in [5, 5.41) is 11.7. The lowest BCUT2D eigenvalue weighted by atomic mass is 9.98. The molecule has 8 nitrogen and oxygen atoms in total. The maximum atomic E-state index is 13.5. The van der Waals surface area contributed by atoms with Crippen molar-refractivity contribution in [2.24, 2.45) is 10.2 Å². The van der Waals surface area contributed by atoms with Gasteiger partial charge in [-0.05, 0) is 59.7 Å². The topological polar surface area (TPSA) is 122 Å². The van der Waals surface area contributed by atoms with Crippen LogP contribution in [0.2, 0.25) is 0 Å². The number of benzene rings is 3. The van der Waals surface area contributed by atoms with Crippen molar-refractivity contribution in [3.63, 3.8) is 0 Å². The van der Waals surface area contributed by atoms with Crippen LogP contribution in [0.3, 0.4) is 0 Å². The Hall–Kier alpha value is -3.28. The second-order valence-electron chi connectivity index (χ2n) is 7.65. The summed E-state index contributed by atoms with van der Waals surface area (Å²) in [7, 11) is -7.22. The Kier molecular flexibility index (Phi) is 5.95. The van der Waals surface area contributed by atoms with Gasteiger partial charge in [-0.25, -0.2) is 26.4 Å². The maximum Gasteiger partial charge on any atom is 0.238 e. The number of hydrogen-bond donors (Lipinski definition) is 2. The van der Waals surface area contributed by atoms with Gasteiger partial charge < -0.3 is 0 Å². The summed E-state index contributed by atoms with van der Waals surface area (Å²) >= 11 is 0. The summed E-state index contributed by atoms with van der Waals surface area (Å²) in [5.74, 6) is -0.351. The second kappa shape index (κ2) is 8.58. The highest BCUT2D eigenvalue weighted by Gasteiger charge is 2.30. The zero-order valence-corrected chi connectivity index (χ0v) is 19.1. The van der Waals surface area contributed by atoms with Crippen LogP contribution in [-0.2, 0) is 20.0 Å². The van der Waals surface area contributed by atoms with E-state index in [0.29, 0.717) is 17.8 Å². The van der Waals surface area contributed by atoms with E-state index >= 15 is 0 Å². The first-order valence-electron chi connectivity index (χ1n) is 9.83. The molecule has 33 heavy (non-hydrogen) atoms. The first-order valence-corrected chi connectivity index (χ1v) is 13.3. The maximum absolute atomic E-state index is 13.5. The molecule has 11 heteroatoms. The van der Waals surface area contributed by atoms with Crippen molar-refractivity contribution in [2.45, 2.75) is 17.4 Å². The summed E-state index contributed by atoms with van der Waals surface area (Å²) in [6.45, 7) is 0. The quantitative estimate of drug-likeness (QED) is 0.552. The van der Waals surface area contributed by atoms with Crippen LogP contribution in [0.25, 0.3) is 0 Å². The molecule has 0 fully saturated rings. The van der Waals surface area contributed by atoms with E-state index in [4.69, 9.17) is 10.2 Å². The molecule has 1 atom stereocenters. The highest BCUT2D eigenvalue weighted by molar-refractivity contribution is 7.92. The lowest BCUT2D eigenvalue weighted by Gasteiger charge is -2.24. The van der Waals surface area contributed by atoms with E-state index in [1.54, 1.807) is 53.5 Å².